The van der Waals surface area contributed by atoms with Gasteiger partial charge in [-0.1, -0.05) is 18.2 Å². The van der Waals surface area contributed by atoms with E-state index in [9.17, 15) is 9.59 Å². The van der Waals surface area contributed by atoms with Gasteiger partial charge in [-0.3, -0.25) is 4.79 Å². The van der Waals surface area contributed by atoms with Gasteiger partial charge in [0, 0.05) is 25.6 Å². The number of rotatable bonds is 4. The van der Waals surface area contributed by atoms with E-state index >= 15 is 0 Å². The minimum absolute atomic E-state index is 0.00422. The molecule has 6 heteroatoms. The van der Waals surface area contributed by atoms with Crippen LogP contribution in [-0.2, 0) is 4.79 Å². The number of carbonyl (C=O) groups excluding carboxylic acids is 1. The second kappa shape index (κ2) is 5.92. The van der Waals surface area contributed by atoms with Gasteiger partial charge in [0.15, 0.2) is 0 Å². The van der Waals surface area contributed by atoms with Crippen LogP contribution in [0, 0.1) is 0 Å². The van der Waals surface area contributed by atoms with Crippen molar-refractivity contribution in [2.75, 3.05) is 12.1 Å². The number of nitrogens with zero attached hydrogens (tertiary/aromatic N) is 2. The van der Waals surface area contributed by atoms with E-state index in [0.29, 0.717) is 12.8 Å². The van der Waals surface area contributed by atoms with Crippen LogP contribution in [0.25, 0.3) is 0 Å². The Morgan fingerprint density at radius 2 is 2.10 bits per heavy atom. The highest BCUT2D eigenvalue weighted by Gasteiger charge is 2.36. The molecular formula is C14H19N3O3. The van der Waals surface area contributed by atoms with Crippen molar-refractivity contribution >= 4 is 17.7 Å². The lowest BCUT2D eigenvalue weighted by molar-refractivity contribution is -0.117. The first kappa shape index (κ1) is 14.3. The lowest BCUT2D eigenvalue weighted by Crippen LogP contribution is -2.42. The van der Waals surface area contributed by atoms with Crippen LogP contribution in [-0.4, -0.2) is 41.2 Å². The summed E-state index contributed by atoms with van der Waals surface area (Å²) in [5.74, 6) is 0.0335. The highest BCUT2D eigenvalue weighted by molar-refractivity contribution is 5.94. The molecule has 0 radical (unpaired) electrons. The quantitative estimate of drug-likeness (QED) is 0.878. The van der Waals surface area contributed by atoms with Crippen LogP contribution in [0.5, 0.6) is 0 Å². The SMILES string of the molecule is C[C@@H](CC1CC(=O)N(c2ccccc2)N1C)NC(=O)O. The topological polar surface area (TPSA) is 72.9 Å². The molecule has 0 aromatic heterocycles. The number of hydrogen-bond donors (Lipinski definition) is 2. The van der Waals surface area contributed by atoms with Gasteiger partial charge in [0.1, 0.15) is 0 Å². The van der Waals surface area contributed by atoms with E-state index in [4.69, 9.17) is 5.11 Å². The first-order valence-corrected chi connectivity index (χ1v) is 6.59. The Morgan fingerprint density at radius 3 is 2.70 bits per heavy atom. The van der Waals surface area contributed by atoms with E-state index in [1.165, 1.54) is 0 Å². The van der Waals surface area contributed by atoms with Gasteiger partial charge in [0.2, 0.25) is 5.91 Å². The standard InChI is InChI=1S/C14H19N3O3/c1-10(15-14(19)20)8-12-9-13(18)17(16(12)2)11-6-4-3-5-7-11/h3-7,10,12,15H,8-9H2,1-2H3,(H,19,20)/t10-,12?/m0/s1. The number of hydrogen-bond acceptors (Lipinski definition) is 3. The zero-order chi connectivity index (χ0) is 14.7. The van der Waals surface area contributed by atoms with Gasteiger partial charge >= 0.3 is 6.09 Å². The Balaban J connectivity index is 2.05. The largest absolute Gasteiger partial charge is 0.465 e. The van der Waals surface area contributed by atoms with Crippen LogP contribution in [0.1, 0.15) is 19.8 Å². The Morgan fingerprint density at radius 1 is 1.45 bits per heavy atom. The lowest BCUT2D eigenvalue weighted by atomic mass is 10.1. The summed E-state index contributed by atoms with van der Waals surface area (Å²) in [6, 6.07) is 9.26. The number of para-hydroxylation sites is 1. The van der Waals surface area contributed by atoms with Crippen LogP contribution >= 0.6 is 0 Å². The Kier molecular flexibility index (Phi) is 4.24. The third-order valence-corrected chi connectivity index (χ3v) is 3.49. The number of hydrazine groups is 1. The summed E-state index contributed by atoms with van der Waals surface area (Å²) >= 11 is 0. The summed E-state index contributed by atoms with van der Waals surface area (Å²) in [5.41, 5.74) is 0.835. The monoisotopic (exact) mass is 277 g/mol. The maximum absolute atomic E-state index is 12.1. The summed E-state index contributed by atoms with van der Waals surface area (Å²) in [4.78, 5) is 22.8. The Bertz CT molecular complexity index is 492. The van der Waals surface area contributed by atoms with Crippen LogP contribution in [0.4, 0.5) is 10.5 Å². The summed E-state index contributed by atoms with van der Waals surface area (Å²) in [6.45, 7) is 1.80. The fourth-order valence-electron chi connectivity index (χ4n) is 2.57. The summed E-state index contributed by atoms with van der Waals surface area (Å²) in [7, 11) is 1.86. The highest BCUT2D eigenvalue weighted by Crippen LogP contribution is 2.27. The average Bonchev–Trinajstić information content (AvgIpc) is 2.64. The normalized spacial score (nSPS) is 21.0. The molecule has 0 aliphatic carbocycles. The minimum atomic E-state index is -1.04. The first-order chi connectivity index (χ1) is 9.49. The molecule has 1 unspecified atom stereocenters. The zero-order valence-corrected chi connectivity index (χ0v) is 11.6. The molecule has 108 valence electrons. The molecule has 1 aromatic carbocycles. The molecule has 1 saturated heterocycles. The van der Waals surface area contributed by atoms with Crippen molar-refractivity contribution in [1.82, 2.24) is 10.3 Å². The van der Waals surface area contributed by atoms with Crippen molar-refractivity contribution in [3.05, 3.63) is 30.3 Å². The van der Waals surface area contributed by atoms with E-state index in [1.54, 1.807) is 11.9 Å². The zero-order valence-electron chi connectivity index (χ0n) is 11.6. The van der Waals surface area contributed by atoms with Crippen molar-refractivity contribution in [2.24, 2.45) is 0 Å². The van der Waals surface area contributed by atoms with E-state index < -0.39 is 6.09 Å². The molecule has 0 saturated carbocycles. The fourth-order valence-corrected chi connectivity index (χ4v) is 2.57. The molecule has 2 amide bonds. The summed E-state index contributed by atoms with van der Waals surface area (Å²) in [5, 5.41) is 14.7. The van der Waals surface area contributed by atoms with Crippen molar-refractivity contribution in [3.8, 4) is 0 Å². The summed E-state index contributed by atoms with van der Waals surface area (Å²) in [6.07, 6.45) is -0.0427. The fraction of sp³-hybridized carbons (Fsp3) is 0.429. The molecule has 1 fully saturated rings. The minimum Gasteiger partial charge on any atom is -0.465 e. The Labute approximate surface area is 118 Å². The third-order valence-electron chi connectivity index (χ3n) is 3.49. The van der Waals surface area contributed by atoms with Gasteiger partial charge in [-0.05, 0) is 25.5 Å². The molecule has 2 rings (SSSR count). The van der Waals surface area contributed by atoms with E-state index in [2.05, 4.69) is 5.32 Å². The van der Waals surface area contributed by atoms with Crippen molar-refractivity contribution in [2.45, 2.75) is 31.8 Å². The van der Waals surface area contributed by atoms with E-state index in [0.717, 1.165) is 5.69 Å². The van der Waals surface area contributed by atoms with E-state index in [-0.39, 0.29) is 18.0 Å². The van der Waals surface area contributed by atoms with Gasteiger partial charge in [0.05, 0.1) is 5.69 Å². The second-order valence-electron chi connectivity index (χ2n) is 5.06. The van der Waals surface area contributed by atoms with Gasteiger partial charge in [0.25, 0.3) is 0 Å². The van der Waals surface area contributed by atoms with Crippen LogP contribution in [0.15, 0.2) is 30.3 Å². The third kappa shape index (κ3) is 3.08. The van der Waals surface area contributed by atoms with Gasteiger partial charge < -0.3 is 10.4 Å². The summed E-state index contributed by atoms with van der Waals surface area (Å²) < 4.78 is 0. The number of carbonyl (C=O) groups is 2. The van der Waals surface area contributed by atoms with E-state index in [1.807, 2.05) is 42.4 Å². The number of anilines is 1. The van der Waals surface area contributed by atoms with Crippen molar-refractivity contribution in [3.63, 3.8) is 0 Å². The van der Waals surface area contributed by atoms with Gasteiger partial charge in [-0.15, -0.1) is 0 Å². The molecule has 0 bridgehead atoms. The van der Waals surface area contributed by atoms with Crippen LogP contribution in [0.2, 0.25) is 0 Å². The molecule has 1 aliphatic rings. The molecule has 2 atom stereocenters. The van der Waals surface area contributed by atoms with Crippen LogP contribution < -0.4 is 10.3 Å². The van der Waals surface area contributed by atoms with Crippen LogP contribution in [0.3, 0.4) is 0 Å². The van der Waals surface area contributed by atoms with Gasteiger partial charge in [-0.25, -0.2) is 14.8 Å². The molecule has 6 nitrogen and oxygen atoms in total. The smallest absolute Gasteiger partial charge is 0.404 e. The predicted octanol–water partition coefficient (Wildman–Crippen LogP) is 1.68. The number of benzene rings is 1. The Hall–Kier alpha value is -2.08. The number of carboxylic acid groups (broad SMARTS) is 1. The predicted molar refractivity (Wildman–Crippen MR) is 75.3 cm³/mol. The lowest BCUT2D eigenvalue weighted by Gasteiger charge is -2.29. The molecule has 1 aromatic rings. The molecule has 2 N–H and O–H groups in total. The molecule has 20 heavy (non-hydrogen) atoms. The maximum atomic E-state index is 12.1. The molecule has 1 heterocycles. The highest BCUT2D eigenvalue weighted by atomic mass is 16.4. The molecular weight excluding hydrogens is 258 g/mol. The van der Waals surface area contributed by atoms with Gasteiger partial charge in [-0.2, -0.15) is 0 Å². The maximum Gasteiger partial charge on any atom is 0.404 e. The number of amides is 2. The average molecular weight is 277 g/mol. The molecule has 0 spiro atoms. The number of nitrogens with one attached hydrogen (secondary N) is 1. The second-order valence-corrected chi connectivity index (χ2v) is 5.06. The van der Waals surface area contributed by atoms with Crippen molar-refractivity contribution in [1.29, 1.82) is 0 Å². The molecule has 1 aliphatic heterocycles. The van der Waals surface area contributed by atoms with Crippen molar-refractivity contribution < 1.29 is 14.7 Å². The first-order valence-electron chi connectivity index (χ1n) is 6.59.